The fourth-order valence-corrected chi connectivity index (χ4v) is 4.47. The van der Waals surface area contributed by atoms with E-state index in [1.54, 1.807) is 23.9 Å². The van der Waals surface area contributed by atoms with Gasteiger partial charge in [-0.3, -0.25) is 4.79 Å². The van der Waals surface area contributed by atoms with Gasteiger partial charge in [0.1, 0.15) is 0 Å². The van der Waals surface area contributed by atoms with Gasteiger partial charge in [0.2, 0.25) is 15.9 Å². The smallest absolute Gasteiger partial charge is 0.240 e. The van der Waals surface area contributed by atoms with E-state index in [2.05, 4.69) is 10.0 Å². The Balaban J connectivity index is 1.79. The predicted octanol–water partition coefficient (Wildman–Crippen LogP) is 3.15. The van der Waals surface area contributed by atoms with Crippen LogP contribution < -0.4 is 10.0 Å². The number of sulfonamides is 1. The van der Waals surface area contributed by atoms with E-state index in [0.717, 1.165) is 16.0 Å². The summed E-state index contributed by atoms with van der Waals surface area (Å²) < 4.78 is 27.7. The molecule has 0 aliphatic carbocycles. The van der Waals surface area contributed by atoms with Gasteiger partial charge in [-0.25, -0.2) is 13.1 Å². The number of rotatable bonds is 4. The Hall–Kier alpha value is -1.83. The molecule has 1 aliphatic heterocycles. The number of hydrogen-bond acceptors (Lipinski definition) is 4. The van der Waals surface area contributed by atoms with E-state index in [1.807, 2.05) is 38.1 Å². The summed E-state index contributed by atoms with van der Waals surface area (Å²) >= 11 is 1.55. The van der Waals surface area contributed by atoms with Gasteiger partial charge in [0, 0.05) is 23.1 Å². The van der Waals surface area contributed by atoms with Crippen LogP contribution in [0.15, 0.2) is 52.3 Å². The number of nitrogens with one attached hydrogen (secondary N) is 2. The maximum Gasteiger partial charge on any atom is 0.240 e. The zero-order chi connectivity index (χ0) is 18.0. The number of fused-ring (bicyclic) bond motifs is 1. The molecule has 0 fully saturated rings. The number of carbonyl (C=O) groups is 1. The number of hydrogen-bond donors (Lipinski definition) is 2. The minimum absolute atomic E-state index is 0.0894. The quantitative estimate of drug-likeness (QED) is 0.859. The van der Waals surface area contributed by atoms with Crippen molar-refractivity contribution in [1.29, 1.82) is 0 Å². The predicted molar refractivity (Wildman–Crippen MR) is 100 cm³/mol. The highest BCUT2D eigenvalue weighted by atomic mass is 32.2. The molecule has 2 N–H and O–H groups in total. The largest absolute Gasteiger partial charge is 0.325 e. The maximum absolute atomic E-state index is 12.6. The number of thioether (sulfide) groups is 1. The molecule has 0 aromatic heterocycles. The van der Waals surface area contributed by atoms with Crippen LogP contribution in [0, 0.1) is 12.8 Å². The number of aryl methyl sites for hydroxylation is 1. The van der Waals surface area contributed by atoms with Gasteiger partial charge in [-0.2, -0.15) is 0 Å². The highest BCUT2D eigenvalue weighted by molar-refractivity contribution is 7.99. The Morgan fingerprint density at radius 2 is 1.92 bits per heavy atom. The van der Waals surface area contributed by atoms with Crippen molar-refractivity contribution in [2.24, 2.45) is 5.92 Å². The lowest BCUT2D eigenvalue weighted by Crippen LogP contribution is -2.24. The second-order valence-corrected chi connectivity index (χ2v) is 9.00. The van der Waals surface area contributed by atoms with Crippen molar-refractivity contribution in [2.45, 2.75) is 30.2 Å². The molecule has 1 heterocycles. The fourth-order valence-electron chi connectivity index (χ4n) is 2.41. The molecule has 0 radical (unpaired) electrons. The number of anilines is 1. The summed E-state index contributed by atoms with van der Waals surface area (Å²) in [5.74, 6) is 0.474. The molecule has 0 saturated carbocycles. The van der Waals surface area contributed by atoms with E-state index in [9.17, 15) is 13.2 Å². The third-order valence-corrected chi connectivity index (χ3v) is 6.78. The molecule has 1 amide bonds. The van der Waals surface area contributed by atoms with Gasteiger partial charge in [0.25, 0.3) is 0 Å². The summed E-state index contributed by atoms with van der Waals surface area (Å²) in [7, 11) is -3.66. The molecular formula is C18H20N2O3S2. The van der Waals surface area contributed by atoms with E-state index in [4.69, 9.17) is 0 Å². The van der Waals surface area contributed by atoms with Crippen LogP contribution >= 0.6 is 11.8 Å². The molecule has 5 nitrogen and oxygen atoms in total. The Kier molecular flexibility index (Phi) is 5.17. The van der Waals surface area contributed by atoms with Gasteiger partial charge in [-0.15, -0.1) is 11.8 Å². The Morgan fingerprint density at radius 3 is 2.64 bits per heavy atom. The second-order valence-electron chi connectivity index (χ2n) is 6.17. The molecule has 132 valence electrons. The minimum Gasteiger partial charge on any atom is -0.325 e. The summed E-state index contributed by atoms with van der Waals surface area (Å²) in [6.07, 6.45) is 0. The molecule has 1 atom stereocenters. The molecule has 1 aliphatic rings. The van der Waals surface area contributed by atoms with Crippen molar-refractivity contribution < 1.29 is 13.2 Å². The number of amides is 1. The normalized spacial score (nSPS) is 17.5. The van der Waals surface area contributed by atoms with E-state index >= 15 is 0 Å². The first-order valence-corrected chi connectivity index (χ1v) is 10.4. The van der Waals surface area contributed by atoms with Crippen molar-refractivity contribution in [1.82, 2.24) is 4.72 Å². The van der Waals surface area contributed by atoms with Crippen molar-refractivity contribution in [3.05, 3.63) is 53.6 Å². The minimum atomic E-state index is -3.66. The van der Waals surface area contributed by atoms with E-state index in [-0.39, 0.29) is 23.3 Å². The molecule has 7 heteroatoms. The molecule has 0 saturated heterocycles. The average Bonchev–Trinajstić information content (AvgIpc) is 2.73. The molecular weight excluding hydrogens is 356 g/mol. The van der Waals surface area contributed by atoms with Crippen LogP contribution in [0.3, 0.4) is 0 Å². The highest BCUT2D eigenvalue weighted by Gasteiger charge is 2.22. The van der Waals surface area contributed by atoms with Crippen LogP contribution in [0.5, 0.6) is 0 Å². The Bertz CT molecular complexity index is 893. The second kappa shape index (κ2) is 7.19. The SMILES string of the molecule is Cc1ccc(CNS(=O)(=O)c2ccc3c(c2)NC(=O)C(C)CS3)cc1. The van der Waals surface area contributed by atoms with Crippen molar-refractivity contribution in [3.63, 3.8) is 0 Å². The van der Waals surface area contributed by atoms with E-state index in [1.165, 1.54) is 6.07 Å². The molecule has 25 heavy (non-hydrogen) atoms. The molecule has 2 aromatic carbocycles. The first-order chi connectivity index (χ1) is 11.8. The number of benzene rings is 2. The van der Waals surface area contributed by atoms with Gasteiger partial charge < -0.3 is 5.32 Å². The number of carbonyl (C=O) groups excluding carboxylic acids is 1. The third kappa shape index (κ3) is 4.23. The Labute approximate surface area is 152 Å². The monoisotopic (exact) mass is 376 g/mol. The van der Waals surface area contributed by atoms with Gasteiger partial charge in [-0.05, 0) is 30.7 Å². The van der Waals surface area contributed by atoms with Crippen LogP contribution in [-0.4, -0.2) is 20.1 Å². The summed E-state index contributed by atoms with van der Waals surface area (Å²) in [4.78, 5) is 13.0. The summed E-state index contributed by atoms with van der Waals surface area (Å²) in [6, 6.07) is 12.5. The van der Waals surface area contributed by atoms with E-state index in [0.29, 0.717) is 11.4 Å². The average molecular weight is 377 g/mol. The Morgan fingerprint density at radius 1 is 1.20 bits per heavy atom. The first-order valence-electron chi connectivity index (χ1n) is 7.98. The van der Waals surface area contributed by atoms with Crippen LogP contribution in [0.25, 0.3) is 0 Å². The lowest BCUT2D eigenvalue weighted by atomic mass is 10.2. The molecule has 1 unspecified atom stereocenters. The van der Waals surface area contributed by atoms with Gasteiger partial charge >= 0.3 is 0 Å². The highest BCUT2D eigenvalue weighted by Crippen LogP contribution is 2.34. The molecule has 0 spiro atoms. The van der Waals surface area contributed by atoms with Crippen LogP contribution in [0.4, 0.5) is 5.69 Å². The third-order valence-electron chi connectivity index (χ3n) is 4.04. The molecule has 0 bridgehead atoms. The zero-order valence-corrected chi connectivity index (χ0v) is 15.7. The van der Waals surface area contributed by atoms with Crippen molar-refractivity contribution in [3.8, 4) is 0 Å². The van der Waals surface area contributed by atoms with E-state index < -0.39 is 10.0 Å². The molecule has 2 aromatic rings. The standard InChI is InChI=1S/C18H20N2O3S2/c1-12-3-5-14(6-4-12)10-19-25(22,23)15-7-8-17-16(9-15)20-18(21)13(2)11-24-17/h3-9,13,19H,10-11H2,1-2H3,(H,20,21). The summed E-state index contributed by atoms with van der Waals surface area (Å²) in [5, 5.41) is 2.81. The lowest BCUT2D eigenvalue weighted by molar-refractivity contribution is -0.118. The van der Waals surface area contributed by atoms with Crippen LogP contribution in [0.1, 0.15) is 18.1 Å². The van der Waals surface area contributed by atoms with Gasteiger partial charge in [0.15, 0.2) is 0 Å². The first kappa shape index (κ1) is 18.0. The summed E-state index contributed by atoms with van der Waals surface area (Å²) in [5.41, 5.74) is 2.57. The van der Waals surface area contributed by atoms with Gasteiger partial charge in [-0.1, -0.05) is 36.8 Å². The maximum atomic E-state index is 12.6. The van der Waals surface area contributed by atoms with Crippen LogP contribution in [0.2, 0.25) is 0 Å². The molecule has 3 rings (SSSR count). The van der Waals surface area contributed by atoms with Crippen LogP contribution in [-0.2, 0) is 21.4 Å². The fraction of sp³-hybridized carbons (Fsp3) is 0.278. The lowest BCUT2D eigenvalue weighted by Gasteiger charge is -2.11. The van der Waals surface area contributed by atoms with Crippen molar-refractivity contribution >= 4 is 33.4 Å². The van der Waals surface area contributed by atoms with Crippen molar-refractivity contribution in [2.75, 3.05) is 11.1 Å². The van der Waals surface area contributed by atoms with Gasteiger partial charge in [0.05, 0.1) is 10.6 Å². The zero-order valence-electron chi connectivity index (χ0n) is 14.1. The summed E-state index contributed by atoms with van der Waals surface area (Å²) in [6.45, 7) is 4.06. The topological polar surface area (TPSA) is 75.3 Å².